The van der Waals surface area contributed by atoms with Crippen molar-refractivity contribution in [2.75, 3.05) is 13.1 Å². The van der Waals surface area contributed by atoms with Gasteiger partial charge >= 0.3 is 0 Å². The van der Waals surface area contributed by atoms with E-state index in [9.17, 15) is 9.18 Å². The number of hydrogen-bond acceptors (Lipinski definition) is 5. The number of hydrogen-bond donors (Lipinski definition) is 0. The van der Waals surface area contributed by atoms with Crippen molar-refractivity contribution in [3.63, 3.8) is 0 Å². The summed E-state index contributed by atoms with van der Waals surface area (Å²) in [5, 5.41) is 4.00. The van der Waals surface area contributed by atoms with Gasteiger partial charge in [0.1, 0.15) is 17.9 Å². The number of nitrogens with zero attached hydrogens (tertiary/aromatic N) is 4. The van der Waals surface area contributed by atoms with Crippen LogP contribution in [0.5, 0.6) is 0 Å². The number of carbonyl (C=O) groups is 1. The lowest BCUT2D eigenvalue weighted by Gasteiger charge is -2.32. The summed E-state index contributed by atoms with van der Waals surface area (Å²) in [4.78, 5) is 23.2. The number of carbonyl (C=O) groups excluding carboxylic acids is 1. The molecule has 150 valence electrons. The van der Waals surface area contributed by atoms with Gasteiger partial charge in [0, 0.05) is 24.3 Å². The second kappa shape index (κ2) is 8.11. The number of aryl methyl sites for hydroxylation is 2. The summed E-state index contributed by atoms with van der Waals surface area (Å²) in [5.41, 5.74) is 3.94. The molecule has 1 saturated heterocycles. The fraction of sp³-hybridized carbons (Fsp3) is 0.364. The van der Waals surface area contributed by atoms with Crippen LogP contribution < -0.4 is 0 Å². The minimum absolute atomic E-state index is 0.106. The molecule has 1 amide bonds. The van der Waals surface area contributed by atoms with E-state index in [0.29, 0.717) is 24.6 Å². The number of amides is 1. The Labute approximate surface area is 168 Å². The van der Waals surface area contributed by atoms with Crippen molar-refractivity contribution >= 4 is 5.91 Å². The van der Waals surface area contributed by atoms with Crippen molar-refractivity contribution in [1.82, 2.24) is 20.0 Å². The highest BCUT2D eigenvalue weighted by molar-refractivity contribution is 5.94. The molecule has 0 radical (unpaired) electrons. The minimum Gasteiger partial charge on any atom is -0.361 e. The third-order valence-corrected chi connectivity index (χ3v) is 5.48. The number of aromatic nitrogens is 3. The first kappa shape index (κ1) is 19.2. The van der Waals surface area contributed by atoms with Crippen LogP contribution in [0.4, 0.5) is 4.39 Å². The zero-order chi connectivity index (χ0) is 20.4. The molecule has 0 unspecified atom stereocenters. The van der Waals surface area contributed by atoms with Gasteiger partial charge in [0.25, 0.3) is 5.91 Å². The molecule has 3 aromatic rings. The van der Waals surface area contributed by atoms with Gasteiger partial charge in [0.15, 0.2) is 0 Å². The monoisotopic (exact) mass is 394 g/mol. The van der Waals surface area contributed by atoms with E-state index in [2.05, 4.69) is 15.1 Å². The molecular formula is C22H23FN4O2. The van der Waals surface area contributed by atoms with Crippen molar-refractivity contribution < 1.29 is 13.7 Å². The average Bonchev–Trinajstić information content (AvgIpc) is 3.06. The lowest BCUT2D eigenvalue weighted by Crippen LogP contribution is -2.39. The van der Waals surface area contributed by atoms with E-state index in [4.69, 9.17) is 4.52 Å². The highest BCUT2D eigenvalue weighted by Crippen LogP contribution is 2.27. The molecule has 0 saturated carbocycles. The lowest BCUT2D eigenvalue weighted by atomic mass is 9.91. The van der Waals surface area contributed by atoms with Crippen LogP contribution in [0.1, 0.15) is 40.3 Å². The quantitative estimate of drug-likeness (QED) is 0.669. The fourth-order valence-electron chi connectivity index (χ4n) is 3.93. The number of benzene rings is 1. The Kier molecular flexibility index (Phi) is 5.38. The predicted molar refractivity (Wildman–Crippen MR) is 106 cm³/mol. The first-order valence-electron chi connectivity index (χ1n) is 9.80. The smallest absolute Gasteiger partial charge is 0.253 e. The highest BCUT2D eigenvalue weighted by Gasteiger charge is 2.24. The molecule has 2 aromatic heterocycles. The van der Waals surface area contributed by atoms with E-state index in [1.165, 1.54) is 12.1 Å². The van der Waals surface area contributed by atoms with E-state index >= 15 is 0 Å². The third kappa shape index (κ3) is 4.18. The molecule has 1 fully saturated rings. The molecule has 1 aliphatic heterocycles. The van der Waals surface area contributed by atoms with Crippen LogP contribution in [0.25, 0.3) is 11.3 Å². The van der Waals surface area contributed by atoms with Crippen molar-refractivity contribution in [3.05, 3.63) is 65.2 Å². The Morgan fingerprint density at radius 3 is 2.69 bits per heavy atom. The first-order valence-corrected chi connectivity index (χ1v) is 9.80. The summed E-state index contributed by atoms with van der Waals surface area (Å²) in [6.07, 6.45) is 4.21. The van der Waals surface area contributed by atoms with Gasteiger partial charge in [0.05, 0.1) is 17.0 Å². The summed E-state index contributed by atoms with van der Waals surface area (Å²) in [7, 11) is 0. The van der Waals surface area contributed by atoms with Gasteiger partial charge in [-0.2, -0.15) is 0 Å². The first-order chi connectivity index (χ1) is 14.0. The number of piperidine rings is 1. The molecular weight excluding hydrogens is 371 g/mol. The Bertz CT molecular complexity index is 1010. The maximum absolute atomic E-state index is 13.4. The van der Waals surface area contributed by atoms with Crippen LogP contribution in [-0.2, 0) is 6.42 Å². The molecule has 0 spiro atoms. The molecule has 7 heteroatoms. The topological polar surface area (TPSA) is 72.1 Å². The summed E-state index contributed by atoms with van der Waals surface area (Å²) in [6.45, 7) is 5.12. The van der Waals surface area contributed by atoms with Crippen LogP contribution in [0.2, 0.25) is 0 Å². The predicted octanol–water partition coefficient (Wildman–Crippen LogP) is 3.98. The molecule has 0 atom stereocenters. The second-order valence-electron chi connectivity index (χ2n) is 7.54. The van der Waals surface area contributed by atoms with E-state index < -0.39 is 0 Å². The van der Waals surface area contributed by atoms with E-state index in [1.54, 1.807) is 23.4 Å². The zero-order valence-corrected chi connectivity index (χ0v) is 16.6. The summed E-state index contributed by atoms with van der Waals surface area (Å²) in [5.74, 6) is 0.699. The van der Waals surface area contributed by atoms with Gasteiger partial charge in [0.2, 0.25) is 0 Å². The number of halogens is 1. The van der Waals surface area contributed by atoms with Crippen LogP contribution in [0, 0.1) is 25.6 Å². The second-order valence-corrected chi connectivity index (χ2v) is 7.54. The normalized spacial score (nSPS) is 14.9. The molecule has 1 aromatic carbocycles. The average molecular weight is 394 g/mol. The van der Waals surface area contributed by atoms with Gasteiger partial charge in [-0.15, -0.1) is 0 Å². The Morgan fingerprint density at radius 2 is 2.00 bits per heavy atom. The molecule has 3 heterocycles. The van der Waals surface area contributed by atoms with Crippen LogP contribution in [0.15, 0.2) is 41.2 Å². The third-order valence-electron chi connectivity index (χ3n) is 5.48. The summed E-state index contributed by atoms with van der Waals surface area (Å²) in [6, 6.07) is 7.87. The fourth-order valence-corrected chi connectivity index (χ4v) is 3.93. The molecule has 1 aliphatic rings. The molecule has 0 N–H and O–H groups in total. The van der Waals surface area contributed by atoms with Gasteiger partial charge in [-0.3, -0.25) is 4.79 Å². The van der Waals surface area contributed by atoms with Crippen LogP contribution in [0.3, 0.4) is 0 Å². The van der Waals surface area contributed by atoms with Gasteiger partial charge in [-0.05, 0) is 63.3 Å². The largest absolute Gasteiger partial charge is 0.361 e. The SMILES string of the molecule is Cc1noc(C)c1-c1cc(CC2CCN(C(=O)c3cccc(F)c3)CC2)ncn1. The van der Waals surface area contributed by atoms with Crippen molar-refractivity contribution in [2.45, 2.75) is 33.1 Å². The number of rotatable bonds is 4. The van der Waals surface area contributed by atoms with Crippen molar-refractivity contribution in [2.24, 2.45) is 5.92 Å². The number of likely N-dealkylation sites (tertiary alicyclic amines) is 1. The maximum Gasteiger partial charge on any atom is 0.253 e. The highest BCUT2D eigenvalue weighted by atomic mass is 19.1. The van der Waals surface area contributed by atoms with E-state index in [1.807, 2.05) is 19.9 Å². The van der Waals surface area contributed by atoms with E-state index in [0.717, 1.165) is 47.7 Å². The van der Waals surface area contributed by atoms with Gasteiger partial charge in [-0.1, -0.05) is 11.2 Å². The standard InChI is InChI=1S/C22H23FN4O2/c1-14-21(15(2)29-26-14)20-12-19(24-13-25-20)10-16-6-8-27(9-7-16)22(28)17-4-3-5-18(23)11-17/h3-5,11-13,16H,6-10H2,1-2H3. The summed E-state index contributed by atoms with van der Waals surface area (Å²) >= 11 is 0. The lowest BCUT2D eigenvalue weighted by molar-refractivity contribution is 0.0689. The molecule has 0 aliphatic carbocycles. The zero-order valence-electron chi connectivity index (χ0n) is 16.6. The van der Waals surface area contributed by atoms with Crippen molar-refractivity contribution in [3.8, 4) is 11.3 Å². The molecule has 29 heavy (non-hydrogen) atoms. The molecule has 6 nitrogen and oxygen atoms in total. The van der Waals surface area contributed by atoms with Crippen LogP contribution >= 0.6 is 0 Å². The van der Waals surface area contributed by atoms with Gasteiger partial charge in [-0.25, -0.2) is 14.4 Å². The summed E-state index contributed by atoms with van der Waals surface area (Å²) < 4.78 is 18.6. The Balaban J connectivity index is 1.39. The Morgan fingerprint density at radius 1 is 1.21 bits per heavy atom. The minimum atomic E-state index is -0.386. The van der Waals surface area contributed by atoms with Gasteiger partial charge < -0.3 is 9.42 Å². The maximum atomic E-state index is 13.4. The molecule has 4 rings (SSSR count). The molecule has 0 bridgehead atoms. The van der Waals surface area contributed by atoms with Crippen LogP contribution in [-0.4, -0.2) is 39.0 Å². The van der Waals surface area contributed by atoms with Crippen molar-refractivity contribution in [1.29, 1.82) is 0 Å². The van der Waals surface area contributed by atoms with E-state index in [-0.39, 0.29) is 11.7 Å². The Hall–Kier alpha value is -3.09.